The van der Waals surface area contributed by atoms with Crippen LogP contribution in [0.3, 0.4) is 0 Å². The Kier molecular flexibility index (Phi) is 3.91. The third kappa shape index (κ3) is 2.78. The first-order valence-electron chi connectivity index (χ1n) is 9.50. The Labute approximate surface area is 167 Å². The van der Waals surface area contributed by atoms with Crippen molar-refractivity contribution in [3.05, 3.63) is 105 Å². The van der Waals surface area contributed by atoms with Crippen LogP contribution < -0.4 is 5.43 Å². The zero-order valence-corrected chi connectivity index (χ0v) is 16.1. The van der Waals surface area contributed by atoms with Gasteiger partial charge < -0.3 is 13.7 Å². The molecule has 0 spiro atoms. The highest BCUT2D eigenvalue weighted by molar-refractivity contribution is 5.99. The van der Waals surface area contributed by atoms with Gasteiger partial charge in [-0.1, -0.05) is 35.9 Å². The van der Waals surface area contributed by atoms with E-state index in [0.717, 1.165) is 16.7 Å². The summed E-state index contributed by atoms with van der Waals surface area (Å²) in [6.07, 6.45) is 1.57. The van der Waals surface area contributed by atoms with E-state index in [2.05, 4.69) is 0 Å². The van der Waals surface area contributed by atoms with E-state index in [0.29, 0.717) is 22.3 Å². The van der Waals surface area contributed by atoms with Crippen molar-refractivity contribution in [3.63, 3.8) is 0 Å². The zero-order valence-electron chi connectivity index (χ0n) is 16.1. The summed E-state index contributed by atoms with van der Waals surface area (Å²) in [6.45, 7) is 4.18. The maximum atomic E-state index is 13.4. The van der Waals surface area contributed by atoms with Gasteiger partial charge in [-0.25, -0.2) is 0 Å². The molecular formula is C24H19NO4. The molecule has 1 amide bonds. The largest absolute Gasteiger partial charge is 0.467 e. The summed E-state index contributed by atoms with van der Waals surface area (Å²) in [5.74, 6) is 0.462. The number of rotatable bonds is 3. The minimum absolute atomic E-state index is 0.116. The van der Waals surface area contributed by atoms with E-state index in [9.17, 15) is 9.59 Å². The molecule has 2 aromatic heterocycles. The van der Waals surface area contributed by atoms with Crippen LogP contribution in [-0.4, -0.2) is 10.8 Å². The first-order valence-corrected chi connectivity index (χ1v) is 9.50. The molecule has 0 bridgehead atoms. The van der Waals surface area contributed by atoms with Gasteiger partial charge in [0.1, 0.15) is 11.3 Å². The molecular weight excluding hydrogens is 366 g/mol. The lowest BCUT2D eigenvalue weighted by Gasteiger charge is -2.24. The number of carbonyl (C=O) groups is 1. The van der Waals surface area contributed by atoms with Gasteiger partial charge in [0.2, 0.25) is 5.76 Å². The van der Waals surface area contributed by atoms with E-state index < -0.39 is 6.04 Å². The molecule has 144 valence electrons. The topological polar surface area (TPSA) is 63.7 Å². The summed E-state index contributed by atoms with van der Waals surface area (Å²) >= 11 is 0. The van der Waals surface area contributed by atoms with Crippen molar-refractivity contribution in [3.8, 4) is 0 Å². The molecule has 1 aliphatic heterocycles. The molecule has 1 aliphatic rings. The number of hydrogen-bond donors (Lipinski definition) is 0. The van der Waals surface area contributed by atoms with Gasteiger partial charge in [0.05, 0.1) is 29.8 Å². The average molecular weight is 385 g/mol. The van der Waals surface area contributed by atoms with Crippen molar-refractivity contribution in [1.29, 1.82) is 0 Å². The van der Waals surface area contributed by atoms with Crippen molar-refractivity contribution in [1.82, 2.24) is 4.90 Å². The van der Waals surface area contributed by atoms with Gasteiger partial charge in [-0.3, -0.25) is 9.59 Å². The van der Waals surface area contributed by atoms with Crippen LogP contribution in [0, 0.1) is 13.8 Å². The molecule has 0 saturated carbocycles. The lowest BCUT2D eigenvalue weighted by molar-refractivity contribution is 0.0701. The Morgan fingerprint density at radius 2 is 1.72 bits per heavy atom. The van der Waals surface area contributed by atoms with Crippen LogP contribution in [0.15, 0.2) is 74.5 Å². The Morgan fingerprint density at radius 1 is 0.966 bits per heavy atom. The fraction of sp³-hybridized carbons (Fsp3) is 0.167. The maximum Gasteiger partial charge on any atom is 0.291 e. The van der Waals surface area contributed by atoms with E-state index in [1.54, 1.807) is 29.4 Å². The predicted octanol–water partition coefficient (Wildman–Crippen LogP) is 4.75. The molecule has 2 aromatic carbocycles. The van der Waals surface area contributed by atoms with Crippen LogP contribution >= 0.6 is 0 Å². The standard InChI is InChI=1S/C24H19NO4/c1-14-5-8-16(9-6-14)21-20-22(26)18-10-7-15(2)12-19(18)29-23(20)24(27)25(21)13-17-4-3-11-28-17/h3-12,21H,13H2,1-2H3/t21-/m1/s1. The van der Waals surface area contributed by atoms with Crippen LogP contribution in [0.1, 0.15) is 44.6 Å². The van der Waals surface area contributed by atoms with Gasteiger partial charge in [-0.2, -0.15) is 0 Å². The summed E-state index contributed by atoms with van der Waals surface area (Å²) < 4.78 is 11.4. The van der Waals surface area contributed by atoms with E-state index in [-0.39, 0.29) is 23.6 Å². The molecule has 29 heavy (non-hydrogen) atoms. The highest BCUT2D eigenvalue weighted by Crippen LogP contribution is 2.39. The highest BCUT2D eigenvalue weighted by atomic mass is 16.3. The molecule has 0 aliphatic carbocycles. The molecule has 5 rings (SSSR count). The number of nitrogens with zero attached hydrogens (tertiary/aromatic N) is 1. The molecule has 0 N–H and O–H groups in total. The van der Waals surface area contributed by atoms with Gasteiger partial charge in [-0.05, 0) is 49.2 Å². The van der Waals surface area contributed by atoms with Crippen LogP contribution in [0.5, 0.6) is 0 Å². The monoisotopic (exact) mass is 385 g/mol. The molecule has 1 atom stereocenters. The molecule has 0 saturated heterocycles. The predicted molar refractivity (Wildman–Crippen MR) is 109 cm³/mol. The van der Waals surface area contributed by atoms with Crippen LogP contribution in [0.25, 0.3) is 11.0 Å². The van der Waals surface area contributed by atoms with E-state index in [1.165, 1.54) is 0 Å². The minimum atomic E-state index is -0.523. The Morgan fingerprint density at radius 3 is 2.45 bits per heavy atom. The first-order chi connectivity index (χ1) is 14.0. The van der Waals surface area contributed by atoms with Crippen molar-refractivity contribution in [2.75, 3.05) is 0 Å². The molecule has 4 aromatic rings. The van der Waals surface area contributed by atoms with Crippen molar-refractivity contribution >= 4 is 16.9 Å². The summed E-state index contributed by atoms with van der Waals surface area (Å²) in [4.78, 5) is 28.4. The number of benzene rings is 2. The number of furan rings is 1. The summed E-state index contributed by atoms with van der Waals surface area (Å²) in [5.41, 5.74) is 3.60. The Balaban J connectivity index is 1.75. The fourth-order valence-corrected chi connectivity index (χ4v) is 3.95. The lowest BCUT2D eigenvalue weighted by Crippen LogP contribution is -2.29. The summed E-state index contributed by atoms with van der Waals surface area (Å²) in [7, 11) is 0. The van der Waals surface area contributed by atoms with E-state index in [1.807, 2.05) is 50.2 Å². The lowest BCUT2D eigenvalue weighted by atomic mass is 9.97. The minimum Gasteiger partial charge on any atom is -0.467 e. The van der Waals surface area contributed by atoms with E-state index in [4.69, 9.17) is 8.83 Å². The van der Waals surface area contributed by atoms with Gasteiger partial charge >= 0.3 is 0 Å². The SMILES string of the molecule is Cc1ccc([C@@H]2c3c(oc4cc(C)ccc4c3=O)C(=O)N2Cc2ccco2)cc1. The van der Waals surface area contributed by atoms with Crippen molar-refractivity contribution < 1.29 is 13.6 Å². The van der Waals surface area contributed by atoms with Crippen molar-refractivity contribution in [2.24, 2.45) is 0 Å². The number of amides is 1. The van der Waals surface area contributed by atoms with Gasteiger partial charge in [-0.15, -0.1) is 0 Å². The molecule has 0 radical (unpaired) electrons. The van der Waals surface area contributed by atoms with Gasteiger partial charge in [0.25, 0.3) is 5.91 Å². The van der Waals surface area contributed by atoms with Crippen molar-refractivity contribution in [2.45, 2.75) is 26.4 Å². The Hall–Kier alpha value is -3.60. The molecule has 5 heteroatoms. The number of fused-ring (bicyclic) bond motifs is 2. The number of carbonyl (C=O) groups excluding carboxylic acids is 1. The second-order valence-corrected chi connectivity index (χ2v) is 7.50. The molecule has 5 nitrogen and oxygen atoms in total. The zero-order chi connectivity index (χ0) is 20.1. The molecule has 0 fully saturated rings. The van der Waals surface area contributed by atoms with Gasteiger partial charge in [0, 0.05) is 0 Å². The molecule has 0 unspecified atom stereocenters. The summed E-state index contributed by atoms with van der Waals surface area (Å²) in [5, 5.41) is 0.485. The number of hydrogen-bond acceptors (Lipinski definition) is 4. The number of aryl methyl sites for hydroxylation is 2. The van der Waals surface area contributed by atoms with Crippen LogP contribution in [0.4, 0.5) is 0 Å². The first kappa shape index (κ1) is 17.5. The van der Waals surface area contributed by atoms with Crippen LogP contribution in [0.2, 0.25) is 0 Å². The average Bonchev–Trinajstić information content (AvgIpc) is 3.31. The summed E-state index contributed by atoms with van der Waals surface area (Å²) in [6, 6.07) is 16.4. The Bertz CT molecular complexity index is 1280. The third-order valence-electron chi connectivity index (χ3n) is 5.42. The normalized spacial score (nSPS) is 15.9. The van der Waals surface area contributed by atoms with Crippen LogP contribution in [-0.2, 0) is 6.54 Å². The highest BCUT2D eigenvalue weighted by Gasteiger charge is 2.43. The quantitative estimate of drug-likeness (QED) is 0.511. The maximum absolute atomic E-state index is 13.4. The second kappa shape index (κ2) is 6.48. The third-order valence-corrected chi connectivity index (χ3v) is 5.42. The second-order valence-electron chi connectivity index (χ2n) is 7.50. The van der Waals surface area contributed by atoms with E-state index >= 15 is 0 Å². The smallest absolute Gasteiger partial charge is 0.291 e. The van der Waals surface area contributed by atoms with Gasteiger partial charge in [0.15, 0.2) is 5.43 Å². The fourth-order valence-electron chi connectivity index (χ4n) is 3.95. The molecule has 3 heterocycles.